The van der Waals surface area contributed by atoms with Crippen LogP contribution in [0.25, 0.3) is 11.4 Å². The first kappa shape index (κ1) is 43.8. The fourth-order valence-corrected chi connectivity index (χ4v) is 6.91. The second kappa shape index (κ2) is 24.5. The molecule has 0 fully saturated rings. The van der Waals surface area contributed by atoms with Gasteiger partial charge in [0.1, 0.15) is 23.0 Å². The Morgan fingerprint density at radius 3 is 1.26 bits per heavy atom. The molecule has 0 unspecified atom stereocenters. The SMILES string of the molecule is CCCCCCCc1ccc(OC(=O)c2cc(Oc3ccc(-c4ncc(CCCCCCC)cn4)cc3)cc(C(=O)Oc3ccc(CCCCCCC)cc3)c2)cc1. The second-order valence-corrected chi connectivity index (χ2v) is 15.3. The minimum atomic E-state index is -0.605. The second-order valence-electron chi connectivity index (χ2n) is 15.3. The Bertz CT molecular complexity index is 1870. The maximum Gasteiger partial charge on any atom is 0.343 e. The van der Waals surface area contributed by atoms with Crippen LogP contribution in [0.1, 0.15) is 154 Å². The van der Waals surface area contributed by atoms with Gasteiger partial charge in [0, 0.05) is 18.0 Å². The normalized spacial score (nSPS) is 11.0. The summed E-state index contributed by atoms with van der Waals surface area (Å²) >= 11 is 0. The number of nitrogens with zero attached hydrogens (tertiary/aromatic N) is 2. The van der Waals surface area contributed by atoms with Crippen molar-refractivity contribution in [2.45, 2.75) is 136 Å². The number of esters is 2. The van der Waals surface area contributed by atoms with Crippen LogP contribution in [-0.2, 0) is 19.3 Å². The van der Waals surface area contributed by atoms with Crippen LogP contribution in [0.3, 0.4) is 0 Å². The third kappa shape index (κ3) is 14.9. The van der Waals surface area contributed by atoms with Crippen LogP contribution in [0, 0.1) is 0 Å². The summed E-state index contributed by atoms with van der Waals surface area (Å²) in [6.45, 7) is 6.67. The molecule has 0 saturated heterocycles. The van der Waals surface area contributed by atoms with Crippen molar-refractivity contribution >= 4 is 11.9 Å². The first-order valence-electron chi connectivity index (χ1n) is 21.8. The van der Waals surface area contributed by atoms with Gasteiger partial charge in [-0.1, -0.05) is 122 Å². The van der Waals surface area contributed by atoms with E-state index < -0.39 is 11.9 Å². The summed E-state index contributed by atoms with van der Waals surface area (Å²) in [5.41, 5.74) is 4.74. The molecule has 0 spiro atoms. The minimum absolute atomic E-state index is 0.165. The molecule has 1 aromatic heterocycles. The summed E-state index contributed by atoms with van der Waals surface area (Å²) in [5.74, 6) is 1.10. The van der Waals surface area contributed by atoms with Crippen molar-refractivity contribution in [1.29, 1.82) is 0 Å². The van der Waals surface area contributed by atoms with E-state index in [2.05, 4.69) is 30.7 Å². The van der Waals surface area contributed by atoms with Crippen LogP contribution < -0.4 is 14.2 Å². The Labute approximate surface area is 346 Å². The molecular formula is C51H62N2O5. The van der Waals surface area contributed by atoms with Gasteiger partial charge in [0.05, 0.1) is 11.1 Å². The topological polar surface area (TPSA) is 87.6 Å². The van der Waals surface area contributed by atoms with Gasteiger partial charge in [0.25, 0.3) is 0 Å². The first-order valence-corrected chi connectivity index (χ1v) is 21.8. The number of carbonyl (C=O) groups is 2. The fraction of sp³-hybridized carbons (Fsp3) is 0.412. The van der Waals surface area contributed by atoms with Crippen molar-refractivity contribution in [3.8, 4) is 34.4 Å². The van der Waals surface area contributed by atoms with E-state index in [1.165, 1.54) is 94.2 Å². The Kier molecular flexibility index (Phi) is 18.5. The van der Waals surface area contributed by atoms with E-state index in [1.54, 1.807) is 12.1 Å². The molecule has 0 aliphatic carbocycles. The van der Waals surface area contributed by atoms with Crippen molar-refractivity contribution in [2.24, 2.45) is 0 Å². The lowest BCUT2D eigenvalue weighted by molar-refractivity contribution is 0.0734. The zero-order valence-electron chi connectivity index (χ0n) is 35.0. The number of aryl methyl sites for hydroxylation is 3. The van der Waals surface area contributed by atoms with Crippen LogP contribution in [0.4, 0.5) is 0 Å². The molecule has 0 atom stereocenters. The largest absolute Gasteiger partial charge is 0.457 e. The molecule has 7 nitrogen and oxygen atoms in total. The number of rotatable bonds is 25. The smallest absolute Gasteiger partial charge is 0.343 e. The van der Waals surface area contributed by atoms with E-state index in [1.807, 2.05) is 85.2 Å². The molecular weight excluding hydrogens is 721 g/mol. The zero-order chi connectivity index (χ0) is 40.8. The lowest BCUT2D eigenvalue weighted by Gasteiger charge is -2.12. The third-order valence-electron chi connectivity index (χ3n) is 10.4. The van der Waals surface area contributed by atoms with Gasteiger partial charge in [-0.05, 0) is 122 Å². The summed E-state index contributed by atoms with van der Waals surface area (Å²) in [7, 11) is 0. The molecule has 1 heterocycles. The summed E-state index contributed by atoms with van der Waals surface area (Å²) in [4.78, 5) is 36.4. The van der Waals surface area contributed by atoms with Crippen LogP contribution in [0.2, 0.25) is 0 Å². The Morgan fingerprint density at radius 1 is 0.431 bits per heavy atom. The summed E-state index contributed by atoms with van der Waals surface area (Å²) in [5, 5.41) is 0. The number of unbranched alkanes of at least 4 members (excludes halogenated alkanes) is 12. The molecule has 0 radical (unpaired) electrons. The number of hydrogen-bond donors (Lipinski definition) is 0. The monoisotopic (exact) mass is 782 g/mol. The molecule has 0 bridgehead atoms. The predicted octanol–water partition coefficient (Wildman–Crippen LogP) is 13.9. The van der Waals surface area contributed by atoms with Crippen LogP contribution >= 0.6 is 0 Å². The quantitative estimate of drug-likeness (QED) is 0.0331. The van der Waals surface area contributed by atoms with Gasteiger partial charge < -0.3 is 14.2 Å². The molecule has 306 valence electrons. The number of hydrogen-bond acceptors (Lipinski definition) is 7. The Balaban J connectivity index is 1.27. The van der Waals surface area contributed by atoms with Gasteiger partial charge in [0.15, 0.2) is 5.82 Å². The van der Waals surface area contributed by atoms with Gasteiger partial charge in [-0.2, -0.15) is 0 Å². The number of carbonyl (C=O) groups excluding carboxylic acids is 2. The summed E-state index contributed by atoms with van der Waals surface area (Å²) in [6, 6.07) is 27.3. The fourth-order valence-electron chi connectivity index (χ4n) is 6.91. The molecule has 0 aliphatic heterocycles. The van der Waals surface area contributed by atoms with E-state index in [4.69, 9.17) is 14.2 Å². The molecule has 7 heteroatoms. The molecule has 0 N–H and O–H groups in total. The van der Waals surface area contributed by atoms with Crippen LogP contribution in [0.5, 0.6) is 23.0 Å². The number of ether oxygens (including phenoxy) is 3. The van der Waals surface area contributed by atoms with E-state index in [-0.39, 0.29) is 11.1 Å². The first-order chi connectivity index (χ1) is 28.4. The van der Waals surface area contributed by atoms with Gasteiger partial charge in [-0.15, -0.1) is 0 Å². The summed E-state index contributed by atoms with van der Waals surface area (Å²) in [6.07, 6.45) is 25.1. The van der Waals surface area contributed by atoms with E-state index in [0.717, 1.165) is 49.7 Å². The van der Waals surface area contributed by atoms with Crippen molar-refractivity contribution in [3.63, 3.8) is 0 Å². The average Bonchev–Trinajstić information content (AvgIpc) is 3.25. The average molecular weight is 783 g/mol. The molecule has 5 aromatic rings. The van der Waals surface area contributed by atoms with Crippen molar-refractivity contribution in [1.82, 2.24) is 9.97 Å². The Hall–Kier alpha value is -5.30. The number of benzene rings is 4. The van der Waals surface area contributed by atoms with Gasteiger partial charge >= 0.3 is 11.9 Å². The van der Waals surface area contributed by atoms with Crippen LogP contribution in [0.15, 0.2) is 103 Å². The number of aromatic nitrogens is 2. The third-order valence-corrected chi connectivity index (χ3v) is 10.4. The molecule has 0 aliphatic rings. The zero-order valence-corrected chi connectivity index (χ0v) is 35.0. The van der Waals surface area contributed by atoms with Gasteiger partial charge in [-0.25, -0.2) is 19.6 Å². The van der Waals surface area contributed by atoms with Crippen molar-refractivity contribution in [2.75, 3.05) is 0 Å². The highest BCUT2D eigenvalue weighted by Crippen LogP contribution is 2.28. The van der Waals surface area contributed by atoms with Crippen molar-refractivity contribution < 1.29 is 23.8 Å². The van der Waals surface area contributed by atoms with Crippen molar-refractivity contribution in [3.05, 3.63) is 131 Å². The highest BCUT2D eigenvalue weighted by atomic mass is 16.5. The maximum absolute atomic E-state index is 13.6. The molecule has 0 saturated carbocycles. The standard InChI is InChI=1S/C51H62N2O5/c1-4-7-10-13-16-19-39-22-28-46(29-23-39)57-50(54)43-34-44(51(55)58-47-30-24-40(25-31-47)20-17-14-11-8-5-2)36-48(35-43)56-45-32-26-42(27-33-45)49-52-37-41(38-53-49)21-18-15-12-9-6-3/h22-38H,4-21H2,1-3H3. The minimum Gasteiger partial charge on any atom is -0.457 e. The van der Waals surface area contributed by atoms with Crippen LogP contribution in [-0.4, -0.2) is 21.9 Å². The molecule has 4 aromatic carbocycles. The Morgan fingerprint density at radius 2 is 0.828 bits per heavy atom. The predicted molar refractivity (Wildman–Crippen MR) is 234 cm³/mol. The highest BCUT2D eigenvalue weighted by Gasteiger charge is 2.18. The van der Waals surface area contributed by atoms with Gasteiger partial charge in [-0.3, -0.25) is 0 Å². The maximum atomic E-state index is 13.6. The molecule has 0 amide bonds. The van der Waals surface area contributed by atoms with Gasteiger partial charge in [0.2, 0.25) is 0 Å². The molecule has 5 rings (SSSR count). The van der Waals surface area contributed by atoms with E-state index >= 15 is 0 Å². The summed E-state index contributed by atoms with van der Waals surface area (Å²) < 4.78 is 17.8. The highest BCUT2D eigenvalue weighted by molar-refractivity contribution is 5.97. The molecule has 58 heavy (non-hydrogen) atoms. The lowest BCUT2D eigenvalue weighted by Crippen LogP contribution is -2.13. The van der Waals surface area contributed by atoms with E-state index in [0.29, 0.717) is 28.8 Å². The lowest BCUT2D eigenvalue weighted by atomic mass is 10.1. The van der Waals surface area contributed by atoms with E-state index in [9.17, 15) is 9.59 Å².